The molecule has 1 atom stereocenters. The van der Waals surface area contributed by atoms with Crippen molar-refractivity contribution < 1.29 is 14.6 Å². The summed E-state index contributed by atoms with van der Waals surface area (Å²) in [6.07, 6.45) is 4.93. The second kappa shape index (κ2) is 7.70. The average Bonchev–Trinajstić information content (AvgIpc) is 3.29. The number of methoxy groups -OCH3 is 1. The second-order valence-corrected chi connectivity index (χ2v) is 7.30. The van der Waals surface area contributed by atoms with Gasteiger partial charge >= 0.3 is 0 Å². The number of hydrogen-bond acceptors (Lipinski definition) is 4. The molecule has 142 valence electrons. The molecule has 2 aliphatic rings. The van der Waals surface area contributed by atoms with Gasteiger partial charge in [0.15, 0.2) is 0 Å². The molecule has 1 saturated heterocycles. The van der Waals surface area contributed by atoms with Crippen LogP contribution in [0.1, 0.15) is 45.1 Å². The summed E-state index contributed by atoms with van der Waals surface area (Å²) in [5.74, 6) is 0.845. The number of nitrogens with zero attached hydrogens (tertiary/aromatic N) is 2. The molecule has 0 unspecified atom stereocenters. The molecule has 5 heteroatoms. The molecular weight excluding hydrogens is 328 g/mol. The standard InChI is InChI=1S/C21H29N2O3/c1-4-21(25,5-2)19-7-6-12-23(19)17-13-20(24)22(15-17)14-16-8-10-18(26-3)11-9-16/h8-11,13,19H,4-7,12,14-15H2,1-3H3/q-1/t19-/m0/s1. The van der Waals surface area contributed by atoms with Gasteiger partial charge in [0.2, 0.25) is 5.91 Å². The SMILES string of the molecule is CCC([O-])(CC)[C@@H]1CCCN1C1=CC(=O)N(Cc2ccc(OC)cc2)C1. The zero-order valence-corrected chi connectivity index (χ0v) is 16.0. The molecular formula is C21H29N2O3-. The average molecular weight is 357 g/mol. The minimum absolute atomic E-state index is 0.00233. The van der Waals surface area contributed by atoms with E-state index in [1.54, 1.807) is 13.2 Å². The lowest BCUT2D eigenvalue weighted by Crippen LogP contribution is -2.57. The summed E-state index contributed by atoms with van der Waals surface area (Å²) in [4.78, 5) is 16.5. The van der Waals surface area contributed by atoms with Gasteiger partial charge in [-0.2, -0.15) is 0 Å². The number of ether oxygens (including phenoxy) is 1. The predicted molar refractivity (Wildman–Crippen MR) is 99.5 cm³/mol. The van der Waals surface area contributed by atoms with E-state index in [9.17, 15) is 9.90 Å². The fourth-order valence-electron chi connectivity index (χ4n) is 4.19. The monoisotopic (exact) mass is 357 g/mol. The maximum Gasteiger partial charge on any atom is 0.249 e. The van der Waals surface area contributed by atoms with Crippen LogP contribution in [0, 0.1) is 0 Å². The number of hydrogen-bond donors (Lipinski definition) is 0. The van der Waals surface area contributed by atoms with E-state index in [1.165, 1.54) is 0 Å². The van der Waals surface area contributed by atoms with Crippen molar-refractivity contribution >= 4 is 5.91 Å². The quantitative estimate of drug-likeness (QED) is 0.751. The highest BCUT2D eigenvalue weighted by Crippen LogP contribution is 2.34. The molecule has 1 fully saturated rings. The van der Waals surface area contributed by atoms with Gasteiger partial charge in [0.05, 0.1) is 13.7 Å². The number of carbonyl (C=O) groups is 1. The summed E-state index contributed by atoms with van der Waals surface area (Å²) in [6.45, 7) is 6.01. The van der Waals surface area contributed by atoms with Gasteiger partial charge in [-0.05, 0) is 30.5 Å². The summed E-state index contributed by atoms with van der Waals surface area (Å²) in [5.41, 5.74) is 1.16. The third-order valence-corrected chi connectivity index (χ3v) is 5.91. The zero-order chi connectivity index (χ0) is 18.7. The van der Waals surface area contributed by atoms with Crippen LogP contribution in [0.5, 0.6) is 5.75 Å². The summed E-state index contributed by atoms with van der Waals surface area (Å²) < 4.78 is 5.18. The maximum absolute atomic E-state index is 13.1. The summed E-state index contributed by atoms with van der Waals surface area (Å²) in [6, 6.07) is 7.79. The maximum atomic E-state index is 13.1. The predicted octanol–water partition coefficient (Wildman–Crippen LogP) is 2.30. The second-order valence-electron chi connectivity index (χ2n) is 7.30. The van der Waals surface area contributed by atoms with Gasteiger partial charge in [0, 0.05) is 30.9 Å². The van der Waals surface area contributed by atoms with E-state index in [0.717, 1.165) is 36.4 Å². The smallest absolute Gasteiger partial charge is 0.249 e. The van der Waals surface area contributed by atoms with Crippen LogP contribution in [0.3, 0.4) is 0 Å². The first kappa shape index (κ1) is 18.8. The Hall–Kier alpha value is -2.01. The molecule has 0 aromatic heterocycles. The molecule has 1 amide bonds. The fraction of sp³-hybridized carbons (Fsp3) is 0.571. The molecule has 26 heavy (non-hydrogen) atoms. The van der Waals surface area contributed by atoms with Crippen molar-refractivity contribution in [2.75, 3.05) is 20.2 Å². The van der Waals surface area contributed by atoms with Crippen LogP contribution in [0.15, 0.2) is 36.0 Å². The van der Waals surface area contributed by atoms with Crippen molar-refractivity contribution in [2.24, 2.45) is 0 Å². The first-order chi connectivity index (χ1) is 12.5. The van der Waals surface area contributed by atoms with Crippen molar-refractivity contribution in [3.8, 4) is 5.75 Å². The third-order valence-electron chi connectivity index (χ3n) is 5.91. The zero-order valence-electron chi connectivity index (χ0n) is 16.0. The molecule has 0 N–H and O–H groups in total. The van der Waals surface area contributed by atoms with E-state index < -0.39 is 5.60 Å². The van der Waals surface area contributed by atoms with Crippen LogP contribution in [-0.2, 0) is 11.3 Å². The Bertz CT molecular complexity index is 664. The molecule has 1 aromatic rings. The van der Waals surface area contributed by atoms with Crippen LogP contribution in [-0.4, -0.2) is 47.5 Å². The largest absolute Gasteiger partial charge is 0.848 e. The Morgan fingerprint density at radius 3 is 2.54 bits per heavy atom. The van der Waals surface area contributed by atoms with E-state index >= 15 is 0 Å². The van der Waals surface area contributed by atoms with Gasteiger partial charge in [0.25, 0.3) is 0 Å². The highest BCUT2D eigenvalue weighted by molar-refractivity contribution is 5.91. The van der Waals surface area contributed by atoms with Crippen LogP contribution < -0.4 is 9.84 Å². The van der Waals surface area contributed by atoms with Crippen molar-refractivity contribution in [1.82, 2.24) is 9.80 Å². The molecule has 0 saturated carbocycles. The first-order valence-electron chi connectivity index (χ1n) is 9.60. The lowest BCUT2D eigenvalue weighted by atomic mass is 9.87. The molecule has 0 bridgehead atoms. The van der Waals surface area contributed by atoms with E-state index in [4.69, 9.17) is 4.74 Å². The summed E-state index contributed by atoms with van der Waals surface area (Å²) in [7, 11) is 1.64. The van der Waals surface area contributed by atoms with Crippen molar-refractivity contribution in [3.63, 3.8) is 0 Å². The summed E-state index contributed by atoms with van der Waals surface area (Å²) in [5, 5.41) is 13.1. The van der Waals surface area contributed by atoms with Crippen molar-refractivity contribution in [3.05, 3.63) is 41.6 Å². The minimum Gasteiger partial charge on any atom is -0.848 e. The fourth-order valence-corrected chi connectivity index (χ4v) is 4.19. The van der Waals surface area contributed by atoms with E-state index in [1.807, 2.05) is 43.0 Å². The van der Waals surface area contributed by atoms with Crippen LogP contribution >= 0.6 is 0 Å². The van der Waals surface area contributed by atoms with E-state index in [0.29, 0.717) is 25.9 Å². The Balaban J connectivity index is 1.69. The van der Waals surface area contributed by atoms with Crippen molar-refractivity contribution in [2.45, 2.75) is 57.7 Å². The van der Waals surface area contributed by atoms with Gasteiger partial charge in [-0.15, -0.1) is 0 Å². The lowest BCUT2D eigenvalue weighted by Gasteiger charge is -2.49. The molecule has 0 aliphatic carbocycles. The number of amides is 1. The molecule has 5 nitrogen and oxygen atoms in total. The van der Waals surface area contributed by atoms with Crippen LogP contribution in [0.25, 0.3) is 0 Å². The first-order valence-corrected chi connectivity index (χ1v) is 9.60. The number of benzene rings is 1. The van der Waals surface area contributed by atoms with Gasteiger partial charge in [0.1, 0.15) is 5.75 Å². The van der Waals surface area contributed by atoms with Crippen molar-refractivity contribution in [1.29, 1.82) is 0 Å². The topological polar surface area (TPSA) is 55.8 Å². The molecule has 1 aromatic carbocycles. The number of likely N-dealkylation sites (tertiary alicyclic amines) is 1. The number of rotatable bonds is 7. The van der Waals surface area contributed by atoms with Crippen LogP contribution in [0.2, 0.25) is 0 Å². The molecule has 0 radical (unpaired) electrons. The normalized spacial score (nSPS) is 20.7. The minimum atomic E-state index is -0.927. The molecule has 2 heterocycles. The van der Waals surface area contributed by atoms with E-state index in [-0.39, 0.29) is 11.9 Å². The van der Waals surface area contributed by atoms with E-state index in [2.05, 4.69) is 4.90 Å². The van der Waals surface area contributed by atoms with Crippen LogP contribution in [0.4, 0.5) is 0 Å². The number of carbonyl (C=O) groups excluding carboxylic acids is 1. The Morgan fingerprint density at radius 1 is 1.23 bits per heavy atom. The van der Waals surface area contributed by atoms with Gasteiger partial charge in [-0.1, -0.05) is 44.4 Å². The Morgan fingerprint density at radius 2 is 1.92 bits per heavy atom. The molecule has 3 rings (SSSR count). The Labute approximate surface area is 156 Å². The highest BCUT2D eigenvalue weighted by Gasteiger charge is 2.37. The summed E-state index contributed by atoms with van der Waals surface area (Å²) >= 11 is 0. The van der Waals surface area contributed by atoms with Gasteiger partial charge < -0.3 is 19.6 Å². The molecule has 2 aliphatic heterocycles. The third kappa shape index (κ3) is 3.58. The molecule has 0 spiro atoms. The van der Waals surface area contributed by atoms with Gasteiger partial charge in [-0.25, -0.2) is 0 Å². The highest BCUT2D eigenvalue weighted by atomic mass is 16.5. The Kier molecular flexibility index (Phi) is 5.56. The lowest BCUT2D eigenvalue weighted by molar-refractivity contribution is -0.490. The van der Waals surface area contributed by atoms with Gasteiger partial charge in [-0.3, -0.25) is 4.79 Å².